The molecule has 1 aliphatic rings. The molecule has 1 heterocycles. The molecule has 0 saturated carbocycles. The smallest absolute Gasteiger partial charge is 0.127 e. The molecule has 0 radical (unpaired) electrons. The van der Waals surface area contributed by atoms with E-state index in [4.69, 9.17) is 0 Å². The Morgan fingerprint density at radius 1 is 1.33 bits per heavy atom. The second kappa shape index (κ2) is 5.05. The third kappa shape index (κ3) is 3.00. The summed E-state index contributed by atoms with van der Waals surface area (Å²) >= 11 is 3.36. The fourth-order valence-corrected chi connectivity index (χ4v) is 2.18. The van der Waals surface area contributed by atoms with Gasteiger partial charge in [-0.3, -0.25) is 4.90 Å². The van der Waals surface area contributed by atoms with Crippen LogP contribution >= 0.6 is 15.9 Å². The standard InChI is InChI=1S/C11H14BrFN2/c12-10-1-2-11(13)9(7-10)8-15-5-3-14-4-6-15/h1-2,7,14H,3-6,8H2. The van der Waals surface area contributed by atoms with Crippen LogP contribution in [0.4, 0.5) is 4.39 Å². The summed E-state index contributed by atoms with van der Waals surface area (Å²) in [6, 6.07) is 5.11. The molecular weight excluding hydrogens is 259 g/mol. The van der Waals surface area contributed by atoms with Gasteiger partial charge in [0, 0.05) is 42.8 Å². The number of hydrogen-bond donors (Lipinski definition) is 1. The van der Waals surface area contributed by atoms with E-state index in [2.05, 4.69) is 26.1 Å². The number of nitrogens with zero attached hydrogens (tertiary/aromatic N) is 1. The highest BCUT2D eigenvalue weighted by atomic mass is 79.9. The van der Waals surface area contributed by atoms with Crippen LogP contribution in [-0.2, 0) is 6.54 Å². The van der Waals surface area contributed by atoms with E-state index >= 15 is 0 Å². The molecule has 1 aromatic carbocycles. The summed E-state index contributed by atoms with van der Waals surface area (Å²) in [6.45, 7) is 4.68. The summed E-state index contributed by atoms with van der Waals surface area (Å²) in [5.41, 5.74) is 0.770. The molecule has 0 aliphatic carbocycles. The Morgan fingerprint density at radius 2 is 2.07 bits per heavy atom. The zero-order valence-electron chi connectivity index (χ0n) is 8.47. The van der Waals surface area contributed by atoms with Crippen molar-refractivity contribution in [2.75, 3.05) is 26.2 Å². The van der Waals surface area contributed by atoms with Gasteiger partial charge in [-0.1, -0.05) is 15.9 Å². The van der Waals surface area contributed by atoms with Gasteiger partial charge in [-0.15, -0.1) is 0 Å². The van der Waals surface area contributed by atoms with Gasteiger partial charge in [-0.25, -0.2) is 4.39 Å². The molecule has 0 unspecified atom stereocenters. The van der Waals surface area contributed by atoms with E-state index in [1.807, 2.05) is 6.07 Å². The summed E-state index contributed by atoms with van der Waals surface area (Å²) in [6.07, 6.45) is 0. The molecule has 1 N–H and O–H groups in total. The van der Waals surface area contributed by atoms with Gasteiger partial charge in [0.2, 0.25) is 0 Å². The Hall–Kier alpha value is -0.450. The lowest BCUT2D eigenvalue weighted by Gasteiger charge is -2.27. The van der Waals surface area contributed by atoms with Crippen LogP contribution in [0.5, 0.6) is 0 Å². The van der Waals surface area contributed by atoms with Crippen LogP contribution in [0.2, 0.25) is 0 Å². The number of hydrogen-bond acceptors (Lipinski definition) is 2. The van der Waals surface area contributed by atoms with Crippen molar-refractivity contribution < 1.29 is 4.39 Å². The van der Waals surface area contributed by atoms with Gasteiger partial charge >= 0.3 is 0 Å². The number of piperazine rings is 1. The highest BCUT2D eigenvalue weighted by Crippen LogP contribution is 2.17. The van der Waals surface area contributed by atoms with Crippen LogP contribution in [0.1, 0.15) is 5.56 Å². The van der Waals surface area contributed by atoms with Gasteiger partial charge in [0.15, 0.2) is 0 Å². The van der Waals surface area contributed by atoms with Gasteiger partial charge in [-0.2, -0.15) is 0 Å². The van der Waals surface area contributed by atoms with Crippen molar-refractivity contribution in [2.45, 2.75) is 6.54 Å². The van der Waals surface area contributed by atoms with E-state index in [1.165, 1.54) is 6.07 Å². The molecule has 0 spiro atoms. The van der Waals surface area contributed by atoms with Gasteiger partial charge in [-0.05, 0) is 18.2 Å². The largest absolute Gasteiger partial charge is 0.314 e. The molecule has 2 rings (SSSR count). The normalized spacial score (nSPS) is 18.0. The van der Waals surface area contributed by atoms with Crippen LogP contribution in [0.25, 0.3) is 0 Å². The monoisotopic (exact) mass is 272 g/mol. The number of nitrogens with one attached hydrogen (secondary N) is 1. The maximum atomic E-state index is 13.5. The number of halogens is 2. The summed E-state index contributed by atoms with van der Waals surface area (Å²) in [5.74, 6) is -0.114. The first-order valence-electron chi connectivity index (χ1n) is 5.13. The van der Waals surface area contributed by atoms with Crippen molar-refractivity contribution in [3.63, 3.8) is 0 Å². The molecule has 0 aromatic heterocycles. The van der Waals surface area contributed by atoms with Crippen LogP contribution in [0.15, 0.2) is 22.7 Å². The van der Waals surface area contributed by atoms with Crippen LogP contribution in [-0.4, -0.2) is 31.1 Å². The second-order valence-corrected chi connectivity index (χ2v) is 4.68. The van der Waals surface area contributed by atoms with Crippen molar-refractivity contribution in [1.29, 1.82) is 0 Å². The second-order valence-electron chi connectivity index (χ2n) is 3.76. The highest BCUT2D eigenvalue weighted by Gasteiger charge is 2.12. The summed E-state index contributed by atoms with van der Waals surface area (Å²) in [7, 11) is 0. The fourth-order valence-electron chi connectivity index (χ4n) is 1.77. The summed E-state index contributed by atoms with van der Waals surface area (Å²) in [5, 5.41) is 3.28. The highest BCUT2D eigenvalue weighted by molar-refractivity contribution is 9.10. The van der Waals surface area contributed by atoms with E-state index in [0.29, 0.717) is 6.54 Å². The minimum atomic E-state index is -0.114. The minimum Gasteiger partial charge on any atom is -0.314 e. The van der Waals surface area contributed by atoms with Crippen LogP contribution < -0.4 is 5.32 Å². The van der Waals surface area contributed by atoms with E-state index in [9.17, 15) is 4.39 Å². The van der Waals surface area contributed by atoms with E-state index in [0.717, 1.165) is 36.2 Å². The molecule has 0 amide bonds. The molecule has 1 fully saturated rings. The van der Waals surface area contributed by atoms with Crippen molar-refractivity contribution in [2.24, 2.45) is 0 Å². The average Bonchev–Trinajstić information content (AvgIpc) is 2.25. The Bertz CT molecular complexity index is 337. The Morgan fingerprint density at radius 3 is 2.80 bits per heavy atom. The molecule has 0 atom stereocenters. The van der Waals surface area contributed by atoms with E-state index in [-0.39, 0.29) is 5.82 Å². The number of benzene rings is 1. The van der Waals surface area contributed by atoms with Gasteiger partial charge in [0.25, 0.3) is 0 Å². The minimum absolute atomic E-state index is 0.114. The number of rotatable bonds is 2. The van der Waals surface area contributed by atoms with Crippen molar-refractivity contribution >= 4 is 15.9 Å². The first-order chi connectivity index (χ1) is 7.25. The van der Waals surface area contributed by atoms with Crippen molar-refractivity contribution in [3.8, 4) is 0 Å². The average molecular weight is 273 g/mol. The SMILES string of the molecule is Fc1ccc(Br)cc1CN1CCNCC1. The third-order valence-corrected chi connectivity index (χ3v) is 3.10. The lowest BCUT2D eigenvalue weighted by atomic mass is 10.2. The van der Waals surface area contributed by atoms with Crippen LogP contribution in [0, 0.1) is 5.82 Å². The Balaban J connectivity index is 2.05. The van der Waals surface area contributed by atoms with Crippen molar-refractivity contribution in [3.05, 3.63) is 34.1 Å². The zero-order chi connectivity index (χ0) is 10.7. The predicted octanol–water partition coefficient (Wildman–Crippen LogP) is 1.99. The van der Waals surface area contributed by atoms with E-state index in [1.54, 1.807) is 6.07 Å². The molecule has 2 nitrogen and oxygen atoms in total. The molecule has 1 saturated heterocycles. The molecule has 15 heavy (non-hydrogen) atoms. The molecule has 82 valence electrons. The molecule has 1 aliphatic heterocycles. The van der Waals surface area contributed by atoms with Gasteiger partial charge in [0.05, 0.1) is 0 Å². The first-order valence-corrected chi connectivity index (χ1v) is 5.92. The molecule has 4 heteroatoms. The van der Waals surface area contributed by atoms with Crippen molar-refractivity contribution in [1.82, 2.24) is 10.2 Å². The lowest BCUT2D eigenvalue weighted by molar-refractivity contribution is 0.230. The fraction of sp³-hybridized carbons (Fsp3) is 0.455. The Labute approximate surface area is 97.6 Å². The summed E-state index contributed by atoms with van der Waals surface area (Å²) < 4.78 is 14.4. The molecule has 1 aromatic rings. The third-order valence-electron chi connectivity index (χ3n) is 2.61. The lowest BCUT2D eigenvalue weighted by Crippen LogP contribution is -2.43. The maximum Gasteiger partial charge on any atom is 0.127 e. The van der Waals surface area contributed by atoms with Crippen LogP contribution in [0.3, 0.4) is 0 Å². The Kier molecular flexibility index (Phi) is 3.72. The quantitative estimate of drug-likeness (QED) is 0.886. The first kappa shape index (κ1) is 11.0. The maximum absolute atomic E-state index is 13.5. The summed E-state index contributed by atoms with van der Waals surface area (Å²) in [4.78, 5) is 2.27. The van der Waals surface area contributed by atoms with Gasteiger partial charge < -0.3 is 5.32 Å². The predicted molar refractivity (Wildman–Crippen MR) is 62.2 cm³/mol. The van der Waals surface area contributed by atoms with Gasteiger partial charge in [0.1, 0.15) is 5.82 Å². The van der Waals surface area contributed by atoms with E-state index < -0.39 is 0 Å². The zero-order valence-corrected chi connectivity index (χ0v) is 10.1. The molecule has 0 bridgehead atoms. The molecular formula is C11H14BrFN2. The topological polar surface area (TPSA) is 15.3 Å².